The minimum absolute atomic E-state index is 0.0204. The first kappa shape index (κ1) is 45.2. The van der Waals surface area contributed by atoms with Crippen molar-refractivity contribution in [3.05, 3.63) is 108 Å². The van der Waals surface area contributed by atoms with Crippen molar-refractivity contribution in [2.24, 2.45) is 11.8 Å². The second-order valence-electron chi connectivity index (χ2n) is 18.7. The molecule has 0 saturated carbocycles. The van der Waals surface area contributed by atoms with Gasteiger partial charge in [-0.3, -0.25) is 14.6 Å². The van der Waals surface area contributed by atoms with Crippen molar-refractivity contribution in [2.45, 2.75) is 102 Å². The van der Waals surface area contributed by atoms with Gasteiger partial charge in [0.15, 0.2) is 0 Å². The maximum atomic E-state index is 13.9. The fourth-order valence-electron chi connectivity index (χ4n) is 10.4. The van der Waals surface area contributed by atoms with Gasteiger partial charge in [0.25, 0.3) is 0 Å². The quantitative estimate of drug-likeness (QED) is 0.0924. The Hall–Kier alpha value is -6.97. The van der Waals surface area contributed by atoms with Crippen LogP contribution in [0.2, 0.25) is 0 Å². The van der Waals surface area contributed by atoms with Gasteiger partial charge in [-0.1, -0.05) is 58.0 Å². The fraction of sp³-hybridized carbons (Fsp3) is 0.431. The number of benzene rings is 3. The highest BCUT2D eigenvalue weighted by atomic mass is 16.5. The Labute approximate surface area is 390 Å². The molecule has 350 valence electrons. The molecule has 4 N–H and O–H groups in total. The molecule has 3 aliphatic rings. The zero-order chi connectivity index (χ0) is 46.9. The number of carbonyl (C=O) groups is 4. The summed E-state index contributed by atoms with van der Waals surface area (Å²) in [6, 6.07) is 25.6. The van der Waals surface area contributed by atoms with E-state index in [1.54, 1.807) is 0 Å². The van der Waals surface area contributed by atoms with Gasteiger partial charge in [-0.15, -0.1) is 0 Å². The number of aromatic amines is 2. The number of nitrogens with zero attached hydrogens (tertiary/aromatic N) is 6. The summed E-state index contributed by atoms with van der Waals surface area (Å²) in [4.78, 5) is 80.3. The van der Waals surface area contributed by atoms with Crippen molar-refractivity contribution in [3.63, 3.8) is 0 Å². The van der Waals surface area contributed by atoms with Gasteiger partial charge in [0, 0.05) is 30.5 Å². The number of alkyl carbamates (subject to hydrolysis) is 2. The van der Waals surface area contributed by atoms with Crippen molar-refractivity contribution in [1.29, 1.82) is 0 Å². The third kappa shape index (κ3) is 9.00. The average Bonchev–Trinajstić information content (AvgIpc) is 4.20. The SMILES string of the molecule is COC(=O)N[C@H](C(=O)N1CCC[C@H]1c1nc2cc([C@@H]3CC[C@@H](c4ccc5[nH]c([C@@H]6CCCN6C(=O)[C@@H](NC(=O)OC)C(C)C)nc5c4)N3c3ccc(-c4ccccn4)cc3)ccc2[nH]1)C(C)C. The Kier molecular flexibility index (Phi) is 12.9. The molecule has 3 saturated heterocycles. The van der Waals surface area contributed by atoms with E-state index in [4.69, 9.17) is 19.4 Å². The molecule has 0 radical (unpaired) electrons. The summed E-state index contributed by atoms with van der Waals surface area (Å²) in [7, 11) is 2.60. The number of imidazole rings is 2. The smallest absolute Gasteiger partial charge is 0.407 e. The maximum Gasteiger partial charge on any atom is 0.407 e. The van der Waals surface area contributed by atoms with E-state index < -0.39 is 24.3 Å². The molecule has 4 amide bonds. The minimum atomic E-state index is -0.715. The van der Waals surface area contributed by atoms with Crippen LogP contribution in [-0.2, 0) is 19.1 Å². The summed E-state index contributed by atoms with van der Waals surface area (Å²) in [5.41, 5.74) is 8.76. The third-order valence-electron chi connectivity index (χ3n) is 13.8. The summed E-state index contributed by atoms with van der Waals surface area (Å²) >= 11 is 0. The molecule has 6 heterocycles. The van der Waals surface area contributed by atoms with Crippen LogP contribution < -0.4 is 15.5 Å². The highest BCUT2D eigenvalue weighted by Gasteiger charge is 2.40. The Morgan fingerprint density at radius 3 is 1.55 bits per heavy atom. The summed E-state index contributed by atoms with van der Waals surface area (Å²) in [6.07, 6.45) is 5.53. The lowest BCUT2D eigenvalue weighted by molar-refractivity contribution is -0.136. The molecular weight excluding hydrogens is 849 g/mol. The molecule has 0 aliphatic carbocycles. The van der Waals surface area contributed by atoms with Crippen LogP contribution in [0.4, 0.5) is 15.3 Å². The largest absolute Gasteiger partial charge is 0.453 e. The molecule has 0 unspecified atom stereocenters. The Bertz CT molecular complexity index is 2610. The molecule has 3 fully saturated rings. The van der Waals surface area contributed by atoms with Crippen LogP contribution in [0.25, 0.3) is 33.3 Å². The van der Waals surface area contributed by atoms with Crippen molar-refractivity contribution in [2.75, 3.05) is 32.2 Å². The number of aromatic nitrogens is 5. The van der Waals surface area contributed by atoms with Crippen LogP contribution in [0, 0.1) is 11.8 Å². The van der Waals surface area contributed by atoms with Crippen molar-refractivity contribution < 1.29 is 28.7 Å². The Morgan fingerprint density at radius 1 is 0.627 bits per heavy atom. The second-order valence-corrected chi connectivity index (χ2v) is 18.7. The van der Waals surface area contributed by atoms with Gasteiger partial charge in [0.2, 0.25) is 11.8 Å². The van der Waals surface area contributed by atoms with Crippen LogP contribution in [0.1, 0.15) is 113 Å². The lowest BCUT2D eigenvalue weighted by atomic mass is 10.0. The number of pyridine rings is 1. The molecule has 3 aromatic heterocycles. The number of methoxy groups -OCH3 is 2. The molecule has 6 aromatic rings. The predicted octanol–water partition coefficient (Wildman–Crippen LogP) is 8.67. The summed E-state index contributed by atoms with van der Waals surface area (Å²) in [5.74, 6) is 0.927. The van der Waals surface area contributed by atoms with Gasteiger partial charge in [-0.05, 0) is 110 Å². The molecule has 3 aliphatic heterocycles. The lowest BCUT2D eigenvalue weighted by Gasteiger charge is -2.33. The van der Waals surface area contributed by atoms with E-state index in [2.05, 4.69) is 91.1 Å². The van der Waals surface area contributed by atoms with E-state index in [0.717, 1.165) is 100 Å². The number of rotatable bonds is 12. The lowest BCUT2D eigenvalue weighted by Crippen LogP contribution is -2.51. The van der Waals surface area contributed by atoms with Gasteiger partial charge in [0.1, 0.15) is 23.7 Å². The average molecular weight is 909 g/mol. The summed E-state index contributed by atoms with van der Waals surface area (Å²) in [6.45, 7) is 8.81. The van der Waals surface area contributed by atoms with Crippen LogP contribution in [0.15, 0.2) is 85.1 Å². The first-order valence-electron chi connectivity index (χ1n) is 23.5. The fourth-order valence-corrected chi connectivity index (χ4v) is 10.4. The molecule has 16 nitrogen and oxygen atoms in total. The van der Waals surface area contributed by atoms with Crippen LogP contribution >= 0.6 is 0 Å². The summed E-state index contributed by atoms with van der Waals surface area (Å²) in [5, 5.41) is 5.48. The summed E-state index contributed by atoms with van der Waals surface area (Å²) < 4.78 is 9.67. The van der Waals surface area contributed by atoms with Crippen LogP contribution in [0.3, 0.4) is 0 Å². The van der Waals surface area contributed by atoms with E-state index >= 15 is 0 Å². The number of anilines is 1. The number of nitrogens with one attached hydrogen (secondary N) is 4. The third-order valence-corrected chi connectivity index (χ3v) is 13.8. The molecule has 16 heteroatoms. The normalized spacial score (nSPS) is 20.5. The van der Waals surface area contributed by atoms with E-state index in [1.165, 1.54) is 14.2 Å². The zero-order valence-electron chi connectivity index (χ0n) is 39.0. The van der Waals surface area contributed by atoms with E-state index in [1.807, 2.05) is 61.9 Å². The van der Waals surface area contributed by atoms with E-state index in [0.29, 0.717) is 13.1 Å². The Balaban J connectivity index is 1.02. The number of H-pyrrole nitrogens is 2. The number of likely N-dealkylation sites (tertiary alicyclic amines) is 2. The molecule has 0 bridgehead atoms. The number of fused-ring (bicyclic) bond motifs is 2. The Morgan fingerprint density at radius 2 is 1.12 bits per heavy atom. The number of hydrogen-bond acceptors (Lipinski definition) is 10. The number of amides is 4. The van der Waals surface area contributed by atoms with Crippen LogP contribution in [-0.4, -0.2) is 98.1 Å². The monoisotopic (exact) mass is 908 g/mol. The van der Waals surface area contributed by atoms with E-state index in [-0.39, 0.29) is 47.8 Å². The second kappa shape index (κ2) is 19.1. The number of ether oxygens (including phenoxy) is 2. The van der Waals surface area contributed by atoms with Crippen LogP contribution in [0.5, 0.6) is 0 Å². The molecule has 0 spiro atoms. The highest BCUT2D eigenvalue weighted by Crippen LogP contribution is 2.48. The minimum Gasteiger partial charge on any atom is -0.453 e. The zero-order valence-corrected chi connectivity index (χ0v) is 39.0. The first-order chi connectivity index (χ1) is 32.4. The van der Waals surface area contributed by atoms with Crippen molar-refractivity contribution in [1.82, 2.24) is 45.4 Å². The van der Waals surface area contributed by atoms with Gasteiger partial charge < -0.3 is 44.8 Å². The molecule has 3 aromatic carbocycles. The van der Waals surface area contributed by atoms with Gasteiger partial charge in [-0.2, -0.15) is 0 Å². The molecular formula is C51H60N10O6. The number of hydrogen-bond donors (Lipinski definition) is 4. The molecule has 6 atom stereocenters. The number of carbonyl (C=O) groups excluding carboxylic acids is 4. The highest BCUT2D eigenvalue weighted by molar-refractivity contribution is 5.88. The van der Waals surface area contributed by atoms with Gasteiger partial charge in [0.05, 0.1) is 66.1 Å². The topological polar surface area (TPSA) is 191 Å². The van der Waals surface area contributed by atoms with Crippen molar-refractivity contribution in [3.8, 4) is 11.3 Å². The van der Waals surface area contributed by atoms with E-state index in [9.17, 15) is 19.2 Å². The van der Waals surface area contributed by atoms with Crippen molar-refractivity contribution >= 4 is 51.8 Å². The molecule has 67 heavy (non-hydrogen) atoms. The standard InChI is InChI=1S/C51H60N10O6/c1-29(2)44(57-50(64)66-5)48(62)59-25-9-12-42(59)46-53-36-20-16-32(27-38(36)55-46)40-22-23-41(61(40)34-18-14-31(15-19-34)35-11-7-8-24-52-35)33-17-21-37-39(28-33)56-47(54-37)43-13-10-26-60(43)49(63)45(30(3)4)58-51(65)67-6/h7-8,11,14-21,24,27-30,40-45H,9-10,12-13,22-23,25-26H2,1-6H3,(H,53,55)(H,54,56)(H,57,64)(H,58,65)/t40-,41-,42-,43-,44-,45-/m0/s1. The van der Waals surface area contributed by atoms with Gasteiger partial charge in [-0.25, -0.2) is 19.6 Å². The van der Waals surface area contributed by atoms with Gasteiger partial charge >= 0.3 is 12.2 Å². The first-order valence-corrected chi connectivity index (χ1v) is 23.5. The maximum absolute atomic E-state index is 13.9. The molecule has 9 rings (SSSR count). The predicted molar refractivity (Wildman–Crippen MR) is 255 cm³/mol.